The normalized spacial score (nSPS) is 10.8. The van der Waals surface area contributed by atoms with Crippen molar-refractivity contribution in [1.29, 1.82) is 0 Å². The van der Waals surface area contributed by atoms with Crippen molar-refractivity contribution in [2.24, 2.45) is 0 Å². The number of rotatable bonds is 3. The van der Waals surface area contributed by atoms with Crippen LogP contribution < -0.4 is 5.32 Å². The zero-order valence-electron chi connectivity index (χ0n) is 9.95. The van der Waals surface area contributed by atoms with E-state index in [-0.39, 0.29) is 0 Å². The smallest absolute Gasteiger partial charge is 0.137 e. The van der Waals surface area contributed by atoms with E-state index in [4.69, 9.17) is 11.6 Å². The zero-order valence-corrected chi connectivity index (χ0v) is 12.3. The molecule has 3 aromatic rings. The Kier molecular flexibility index (Phi) is 3.44. The molecule has 0 unspecified atom stereocenters. The topological polar surface area (TPSA) is 40.7 Å². The average Bonchev–Trinajstić information content (AvgIpc) is 2.83. The number of benzene rings is 1. The number of hydrogen-bond donors (Lipinski definition) is 2. The van der Waals surface area contributed by atoms with Gasteiger partial charge in [0.15, 0.2) is 0 Å². The van der Waals surface area contributed by atoms with Crippen molar-refractivity contribution in [2.45, 2.75) is 6.54 Å². The summed E-state index contributed by atoms with van der Waals surface area (Å²) < 4.78 is 0.899. The van der Waals surface area contributed by atoms with E-state index in [0.717, 1.165) is 27.7 Å². The highest BCUT2D eigenvalue weighted by atomic mass is 79.9. The number of aromatic nitrogens is 2. The van der Waals surface area contributed by atoms with Gasteiger partial charge in [-0.05, 0) is 51.8 Å². The Morgan fingerprint density at radius 3 is 3.05 bits per heavy atom. The lowest BCUT2D eigenvalue weighted by Crippen LogP contribution is -1.98. The lowest BCUT2D eigenvalue weighted by Gasteiger charge is -2.06. The van der Waals surface area contributed by atoms with Crippen LogP contribution in [0.3, 0.4) is 0 Å². The van der Waals surface area contributed by atoms with Gasteiger partial charge in [0.05, 0.1) is 5.02 Å². The van der Waals surface area contributed by atoms with Gasteiger partial charge in [0.25, 0.3) is 0 Å². The van der Waals surface area contributed by atoms with Crippen LogP contribution in [-0.4, -0.2) is 9.97 Å². The monoisotopic (exact) mass is 335 g/mol. The number of H-pyrrole nitrogens is 1. The van der Waals surface area contributed by atoms with Crippen LogP contribution in [0.5, 0.6) is 0 Å². The molecule has 0 spiro atoms. The second-order valence-corrected chi connectivity index (χ2v) is 5.46. The van der Waals surface area contributed by atoms with Crippen LogP contribution in [0.4, 0.5) is 5.69 Å². The fraction of sp³-hybridized carbons (Fsp3) is 0.0714. The maximum atomic E-state index is 6.07. The van der Waals surface area contributed by atoms with Crippen molar-refractivity contribution >= 4 is 44.3 Å². The second kappa shape index (κ2) is 5.23. The quantitative estimate of drug-likeness (QED) is 0.734. The largest absolute Gasteiger partial charge is 0.381 e. The molecular formula is C14H11BrClN3. The molecule has 2 aromatic heterocycles. The molecule has 3 nitrogen and oxygen atoms in total. The fourth-order valence-corrected chi connectivity index (χ4v) is 2.39. The lowest BCUT2D eigenvalue weighted by molar-refractivity contribution is 1.16. The Bertz CT molecular complexity index is 724. The number of pyridine rings is 1. The first-order valence-electron chi connectivity index (χ1n) is 5.84. The van der Waals surface area contributed by atoms with E-state index in [0.29, 0.717) is 5.02 Å². The molecule has 0 bridgehead atoms. The molecule has 0 fully saturated rings. The summed E-state index contributed by atoms with van der Waals surface area (Å²) in [6.07, 6.45) is 3.76. The first-order chi connectivity index (χ1) is 9.24. The van der Waals surface area contributed by atoms with E-state index in [1.54, 1.807) is 6.20 Å². The minimum atomic E-state index is 0.700. The third kappa shape index (κ3) is 2.60. The van der Waals surface area contributed by atoms with Gasteiger partial charge < -0.3 is 10.3 Å². The fourth-order valence-electron chi connectivity index (χ4n) is 1.96. The van der Waals surface area contributed by atoms with Crippen molar-refractivity contribution < 1.29 is 0 Å². The van der Waals surface area contributed by atoms with Gasteiger partial charge in [-0.1, -0.05) is 11.6 Å². The van der Waals surface area contributed by atoms with Crippen molar-refractivity contribution in [3.63, 3.8) is 0 Å². The highest BCUT2D eigenvalue weighted by Gasteiger charge is 2.04. The first-order valence-corrected chi connectivity index (χ1v) is 7.01. The van der Waals surface area contributed by atoms with Crippen LogP contribution in [0, 0.1) is 0 Å². The molecular weight excluding hydrogens is 326 g/mol. The molecule has 0 aliphatic heterocycles. The summed E-state index contributed by atoms with van der Waals surface area (Å²) in [6.45, 7) is 0.726. The molecule has 1 aromatic carbocycles. The minimum Gasteiger partial charge on any atom is -0.381 e. The summed E-state index contributed by atoms with van der Waals surface area (Å²) in [5.74, 6) is 0. The lowest BCUT2D eigenvalue weighted by atomic mass is 10.2. The number of halogens is 2. The second-order valence-electron chi connectivity index (χ2n) is 4.20. The van der Waals surface area contributed by atoms with Crippen molar-refractivity contribution in [3.05, 3.63) is 57.8 Å². The summed E-state index contributed by atoms with van der Waals surface area (Å²) in [4.78, 5) is 7.43. The molecule has 0 aliphatic carbocycles. The van der Waals surface area contributed by atoms with Crippen molar-refractivity contribution in [1.82, 2.24) is 9.97 Å². The van der Waals surface area contributed by atoms with Gasteiger partial charge in [-0.15, -0.1) is 0 Å². The van der Waals surface area contributed by atoms with E-state index in [2.05, 4.69) is 37.3 Å². The predicted molar refractivity (Wildman–Crippen MR) is 82.6 cm³/mol. The number of nitrogens with zero attached hydrogens (tertiary/aromatic N) is 1. The average molecular weight is 337 g/mol. The van der Waals surface area contributed by atoms with E-state index >= 15 is 0 Å². The molecule has 2 N–H and O–H groups in total. The Labute approximate surface area is 124 Å². The SMILES string of the molecule is Clc1cc(NCc2c[nH]c3ncccc23)ccc1Br. The van der Waals surface area contributed by atoms with Gasteiger partial charge in [-0.2, -0.15) is 0 Å². The predicted octanol–water partition coefficient (Wildman–Crippen LogP) is 4.59. The number of nitrogens with one attached hydrogen (secondary N) is 2. The maximum absolute atomic E-state index is 6.07. The summed E-state index contributed by atoms with van der Waals surface area (Å²) >= 11 is 9.45. The van der Waals surface area contributed by atoms with Crippen LogP contribution in [0.15, 0.2) is 47.2 Å². The molecule has 2 heterocycles. The first kappa shape index (κ1) is 12.5. The zero-order chi connectivity index (χ0) is 13.2. The Balaban J connectivity index is 1.80. The Morgan fingerprint density at radius 2 is 2.21 bits per heavy atom. The van der Waals surface area contributed by atoms with Crippen LogP contribution in [-0.2, 0) is 6.54 Å². The van der Waals surface area contributed by atoms with Crippen LogP contribution in [0.25, 0.3) is 11.0 Å². The van der Waals surface area contributed by atoms with Gasteiger partial charge in [-0.25, -0.2) is 4.98 Å². The molecule has 0 radical (unpaired) electrons. The van der Waals surface area contributed by atoms with Gasteiger partial charge in [0.2, 0.25) is 0 Å². The number of aromatic amines is 1. The third-order valence-corrected chi connectivity index (χ3v) is 4.17. The molecule has 0 atom stereocenters. The minimum absolute atomic E-state index is 0.700. The number of hydrogen-bond acceptors (Lipinski definition) is 2. The Morgan fingerprint density at radius 1 is 1.32 bits per heavy atom. The summed E-state index contributed by atoms with van der Waals surface area (Å²) in [5.41, 5.74) is 3.08. The molecule has 3 rings (SSSR count). The maximum Gasteiger partial charge on any atom is 0.137 e. The molecule has 0 saturated carbocycles. The van der Waals surface area contributed by atoms with Gasteiger partial charge in [-0.3, -0.25) is 0 Å². The molecule has 0 saturated heterocycles. The highest BCUT2D eigenvalue weighted by Crippen LogP contribution is 2.26. The van der Waals surface area contributed by atoms with Gasteiger partial charge >= 0.3 is 0 Å². The molecule has 5 heteroatoms. The van der Waals surface area contributed by atoms with Crippen LogP contribution >= 0.6 is 27.5 Å². The molecule has 19 heavy (non-hydrogen) atoms. The van der Waals surface area contributed by atoms with Crippen LogP contribution in [0.2, 0.25) is 5.02 Å². The molecule has 0 amide bonds. The third-order valence-electron chi connectivity index (χ3n) is 2.94. The van der Waals surface area contributed by atoms with E-state index < -0.39 is 0 Å². The van der Waals surface area contributed by atoms with Gasteiger partial charge in [0, 0.05) is 34.5 Å². The number of fused-ring (bicyclic) bond motifs is 1. The van der Waals surface area contributed by atoms with Crippen molar-refractivity contribution in [3.8, 4) is 0 Å². The standard InChI is InChI=1S/C14H11BrClN3/c15-12-4-3-10(6-13(12)16)18-7-9-8-19-14-11(9)2-1-5-17-14/h1-6,8,18H,7H2,(H,17,19). The van der Waals surface area contributed by atoms with E-state index in [1.807, 2.05) is 30.5 Å². The Hall–Kier alpha value is -1.52. The summed E-state index contributed by atoms with van der Waals surface area (Å²) in [6, 6.07) is 9.82. The van der Waals surface area contributed by atoms with E-state index in [1.165, 1.54) is 5.56 Å². The van der Waals surface area contributed by atoms with Crippen LogP contribution in [0.1, 0.15) is 5.56 Å². The molecule has 0 aliphatic rings. The van der Waals surface area contributed by atoms with E-state index in [9.17, 15) is 0 Å². The summed E-state index contributed by atoms with van der Waals surface area (Å²) in [7, 11) is 0. The highest BCUT2D eigenvalue weighted by molar-refractivity contribution is 9.10. The van der Waals surface area contributed by atoms with Crippen molar-refractivity contribution in [2.75, 3.05) is 5.32 Å². The molecule has 96 valence electrons. The van der Waals surface area contributed by atoms with Gasteiger partial charge in [0.1, 0.15) is 5.65 Å². The number of anilines is 1. The summed E-state index contributed by atoms with van der Waals surface area (Å²) in [5, 5.41) is 5.19.